The summed E-state index contributed by atoms with van der Waals surface area (Å²) in [5.74, 6) is -1.07. The van der Waals surface area contributed by atoms with Gasteiger partial charge in [0.1, 0.15) is 0 Å². The molecule has 0 atom stereocenters. The molecule has 96 valence electrons. The maximum Gasteiger partial charge on any atom is 0.328 e. The Morgan fingerprint density at radius 1 is 1.39 bits per heavy atom. The van der Waals surface area contributed by atoms with Crippen molar-refractivity contribution in [3.8, 4) is 0 Å². The van der Waals surface area contributed by atoms with E-state index in [9.17, 15) is 9.59 Å². The van der Waals surface area contributed by atoms with Gasteiger partial charge in [-0.25, -0.2) is 4.79 Å². The molecule has 4 heteroatoms. The Labute approximate surface area is 107 Å². The molecule has 18 heavy (non-hydrogen) atoms. The Morgan fingerprint density at radius 3 is 2.61 bits per heavy atom. The first-order valence-electron chi connectivity index (χ1n) is 5.72. The van der Waals surface area contributed by atoms with E-state index in [1.807, 2.05) is 19.9 Å². The molecule has 0 fully saturated rings. The number of benzene rings is 1. The molecule has 1 rings (SSSR count). The Balaban J connectivity index is 3.08. The average molecular weight is 247 g/mol. The molecule has 0 spiro atoms. The zero-order valence-corrected chi connectivity index (χ0v) is 10.8. The van der Waals surface area contributed by atoms with Gasteiger partial charge in [-0.3, -0.25) is 4.79 Å². The van der Waals surface area contributed by atoms with Gasteiger partial charge in [0.15, 0.2) is 0 Å². The molecule has 0 heterocycles. The number of rotatable bonds is 4. The van der Waals surface area contributed by atoms with E-state index in [1.165, 1.54) is 6.08 Å². The first-order chi connectivity index (χ1) is 8.45. The normalized spacial score (nSPS) is 10.6. The summed E-state index contributed by atoms with van der Waals surface area (Å²) in [6.45, 7) is 4.41. The Morgan fingerprint density at radius 2 is 2.06 bits per heavy atom. The highest BCUT2D eigenvalue weighted by atomic mass is 16.4. The van der Waals surface area contributed by atoms with Gasteiger partial charge in [0.25, 0.3) is 5.91 Å². The molecule has 0 saturated heterocycles. The van der Waals surface area contributed by atoms with Crippen LogP contribution in [0.1, 0.15) is 28.4 Å². The predicted octanol–water partition coefficient (Wildman–Crippen LogP) is 2.18. The molecule has 0 aliphatic rings. The summed E-state index contributed by atoms with van der Waals surface area (Å²) in [5, 5.41) is 8.61. The third kappa shape index (κ3) is 3.45. The number of carboxylic acid groups (broad SMARTS) is 1. The van der Waals surface area contributed by atoms with Gasteiger partial charge >= 0.3 is 5.97 Å². The standard InChI is InChI=1S/C14H17NO3/c1-4-15(3)14(18)12-6-5-10(2)11(9-12)7-8-13(16)17/h5-9H,4H2,1-3H3,(H,16,17)/b8-7+. The minimum Gasteiger partial charge on any atom is -0.478 e. The van der Waals surface area contributed by atoms with Crippen LogP contribution in [-0.2, 0) is 4.79 Å². The van der Waals surface area contributed by atoms with Crippen molar-refractivity contribution in [3.05, 3.63) is 41.0 Å². The minimum atomic E-state index is -1.00. The molecule has 0 bridgehead atoms. The molecule has 0 aliphatic heterocycles. The highest BCUT2D eigenvalue weighted by molar-refractivity contribution is 5.95. The van der Waals surface area contributed by atoms with Gasteiger partial charge in [-0.05, 0) is 43.2 Å². The van der Waals surface area contributed by atoms with E-state index >= 15 is 0 Å². The van der Waals surface area contributed by atoms with Crippen LogP contribution in [0.3, 0.4) is 0 Å². The summed E-state index contributed by atoms with van der Waals surface area (Å²) >= 11 is 0. The molecule has 1 aromatic rings. The number of nitrogens with zero attached hydrogens (tertiary/aromatic N) is 1. The number of carbonyl (C=O) groups is 2. The smallest absolute Gasteiger partial charge is 0.328 e. The molecule has 0 aromatic heterocycles. The van der Waals surface area contributed by atoms with Crippen LogP contribution in [0.15, 0.2) is 24.3 Å². The molecule has 0 saturated carbocycles. The quantitative estimate of drug-likeness (QED) is 0.830. The lowest BCUT2D eigenvalue weighted by atomic mass is 10.0. The van der Waals surface area contributed by atoms with Gasteiger partial charge in [-0.2, -0.15) is 0 Å². The van der Waals surface area contributed by atoms with Crippen molar-refractivity contribution in [1.82, 2.24) is 4.90 Å². The van der Waals surface area contributed by atoms with Crippen LogP contribution in [0.25, 0.3) is 6.08 Å². The molecular formula is C14H17NO3. The number of aliphatic carboxylic acids is 1. The van der Waals surface area contributed by atoms with E-state index in [4.69, 9.17) is 5.11 Å². The van der Waals surface area contributed by atoms with E-state index in [2.05, 4.69) is 0 Å². The molecule has 1 amide bonds. The fourth-order valence-electron chi connectivity index (χ4n) is 1.48. The zero-order valence-electron chi connectivity index (χ0n) is 10.8. The zero-order chi connectivity index (χ0) is 13.7. The SMILES string of the molecule is CCN(C)C(=O)c1ccc(C)c(/C=C/C(=O)O)c1. The van der Waals surface area contributed by atoms with Crippen LogP contribution in [0, 0.1) is 6.92 Å². The average Bonchev–Trinajstić information content (AvgIpc) is 2.35. The van der Waals surface area contributed by atoms with E-state index in [0.717, 1.165) is 17.2 Å². The fourth-order valence-corrected chi connectivity index (χ4v) is 1.48. The third-order valence-electron chi connectivity index (χ3n) is 2.75. The lowest BCUT2D eigenvalue weighted by Gasteiger charge is -2.15. The van der Waals surface area contributed by atoms with Crippen LogP contribution < -0.4 is 0 Å². The second-order valence-corrected chi connectivity index (χ2v) is 4.06. The molecule has 4 nitrogen and oxygen atoms in total. The van der Waals surface area contributed by atoms with E-state index in [0.29, 0.717) is 12.1 Å². The number of hydrogen-bond donors (Lipinski definition) is 1. The van der Waals surface area contributed by atoms with Crippen LogP contribution in [-0.4, -0.2) is 35.5 Å². The van der Waals surface area contributed by atoms with Gasteiger partial charge < -0.3 is 10.0 Å². The predicted molar refractivity (Wildman–Crippen MR) is 70.5 cm³/mol. The number of carboxylic acids is 1. The summed E-state index contributed by atoms with van der Waals surface area (Å²) in [4.78, 5) is 24.1. The van der Waals surface area contributed by atoms with Crippen molar-refractivity contribution in [1.29, 1.82) is 0 Å². The maximum atomic E-state index is 12.0. The minimum absolute atomic E-state index is 0.0672. The molecule has 0 radical (unpaired) electrons. The van der Waals surface area contributed by atoms with E-state index in [-0.39, 0.29) is 5.91 Å². The number of hydrogen-bond acceptors (Lipinski definition) is 2. The molecule has 0 unspecified atom stereocenters. The summed E-state index contributed by atoms with van der Waals surface area (Å²) in [6, 6.07) is 5.28. The lowest BCUT2D eigenvalue weighted by Crippen LogP contribution is -2.26. The van der Waals surface area contributed by atoms with Gasteiger partial charge in [-0.15, -0.1) is 0 Å². The summed E-state index contributed by atoms with van der Waals surface area (Å²) in [7, 11) is 1.73. The maximum absolute atomic E-state index is 12.0. The monoisotopic (exact) mass is 247 g/mol. The highest BCUT2D eigenvalue weighted by Gasteiger charge is 2.10. The summed E-state index contributed by atoms with van der Waals surface area (Å²) < 4.78 is 0. The van der Waals surface area contributed by atoms with Crippen molar-refractivity contribution >= 4 is 18.0 Å². The van der Waals surface area contributed by atoms with Crippen molar-refractivity contribution < 1.29 is 14.7 Å². The second kappa shape index (κ2) is 6.00. The van der Waals surface area contributed by atoms with Crippen LogP contribution in [0.4, 0.5) is 0 Å². The van der Waals surface area contributed by atoms with Crippen molar-refractivity contribution in [2.45, 2.75) is 13.8 Å². The van der Waals surface area contributed by atoms with Crippen molar-refractivity contribution in [3.63, 3.8) is 0 Å². The largest absolute Gasteiger partial charge is 0.478 e. The van der Waals surface area contributed by atoms with Gasteiger partial charge in [0, 0.05) is 25.2 Å². The van der Waals surface area contributed by atoms with Crippen LogP contribution in [0.5, 0.6) is 0 Å². The lowest BCUT2D eigenvalue weighted by molar-refractivity contribution is -0.131. The third-order valence-corrected chi connectivity index (χ3v) is 2.75. The Hall–Kier alpha value is -2.10. The van der Waals surface area contributed by atoms with E-state index in [1.54, 1.807) is 24.1 Å². The second-order valence-electron chi connectivity index (χ2n) is 4.06. The topological polar surface area (TPSA) is 57.6 Å². The molecule has 0 aliphatic carbocycles. The van der Waals surface area contributed by atoms with Gasteiger partial charge in [-0.1, -0.05) is 6.07 Å². The molecular weight excluding hydrogens is 230 g/mol. The molecule has 1 aromatic carbocycles. The van der Waals surface area contributed by atoms with Crippen LogP contribution >= 0.6 is 0 Å². The highest BCUT2D eigenvalue weighted by Crippen LogP contribution is 2.14. The number of carbonyl (C=O) groups excluding carboxylic acids is 1. The first kappa shape index (κ1) is 14.0. The Bertz CT molecular complexity index is 492. The number of amides is 1. The summed E-state index contributed by atoms with van der Waals surface area (Å²) in [5.41, 5.74) is 2.24. The number of aryl methyl sites for hydroxylation is 1. The Kier molecular flexibility index (Phi) is 4.66. The van der Waals surface area contributed by atoms with Gasteiger partial charge in [0.05, 0.1) is 0 Å². The van der Waals surface area contributed by atoms with Crippen molar-refractivity contribution in [2.75, 3.05) is 13.6 Å². The van der Waals surface area contributed by atoms with Crippen molar-refractivity contribution in [2.24, 2.45) is 0 Å². The fraction of sp³-hybridized carbons (Fsp3) is 0.286. The first-order valence-corrected chi connectivity index (χ1v) is 5.72. The summed E-state index contributed by atoms with van der Waals surface area (Å²) in [6.07, 6.45) is 2.57. The van der Waals surface area contributed by atoms with E-state index < -0.39 is 5.97 Å². The van der Waals surface area contributed by atoms with Crippen LogP contribution in [0.2, 0.25) is 0 Å². The molecule has 1 N–H and O–H groups in total. The van der Waals surface area contributed by atoms with Gasteiger partial charge in [0.2, 0.25) is 0 Å².